The molecule has 4 nitrogen and oxygen atoms in total. The molecule has 4 heteroatoms. The molecule has 1 aliphatic carbocycles. The normalized spacial score (nSPS) is 14.7. The number of amides is 1. The van der Waals surface area contributed by atoms with Crippen LogP contribution in [0.15, 0.2) is 18.5 Å². The highest BCUT2D eigenvalue weighted by Gasteiger charge is 2.22. The molecular formula is C14H23N3O. The molecule has 0 bridgehead atoms. The topological polar surface area (TPSA) is 46.1 Å². The number of carbonyl (C=O) groups excluding carboxylic acids is 1. The predicted molar refractivity (Wildman–Crippen MR) is 72.2 cm³/mol. The van der Waals surface area contributed by atoms with Crippen molar-refractivity contribution in [3.8, 4) is 0 Å². The van der Waals surface area contributed by atoms with Gasteiger partial charge in [0.1, 0.15) is 0 Å². The van der Waals surface area contributed by atoms with Crippen LogP contribution < -0.4 is 10.6 Å². The Kier molecular flexibility index (Phi) is 4.81. The van der Waals surface area contributed by atoms with Gasteiger partial charge in [-0.2, -0.15) is 0 Å². The Labute approximate surface area is 109 Å². The molecule has 2 N–H and O–H groups in total. The van der Waals surface area contributed by atoms with Crippen molar-refractivity contribution in [1.29, 1.82) is 0 Å². The van der Waals surface area contributed by atoms with Crippen LogP contribution in [0.2, 0.25) is 0 Å². The molecule has 1 aromatic heterocycles. The van der Waals surface area contributed by atoms with Crippen LogP contribution in [-0.4, -0.2) is 23.1 Å². The first-order chi connectivity index (χ1) is 8.78. The molecule has 1 amide bonds. The smallest absolute Gasteiger partial charge is 0.222 e. The van der Waals surface area contributed by atoms with Crippen LogP contribution in [0, 0.1) is 0 Å². The Bertz CT molecular complexity index is 382. The van der Waals surface area contributed by atoms with Crippen molar-refractivity contribution >= 4 is 5.91 Å². The van der Waals surface area contributed by atoms with Gasteiger partial charge in [-0.1, -0.05) is 6.92 Å². The second-order valence-corrected chi connectivity index (χ2v) is 5.03. The average molecular weight is 249 g/mol. The van der Waals surface area contributed by atoms with E-state index >= 15 is 0 Å². The van der Waals surface area contributed by atoms with Gasteiger partial charge in [0.2, 0.25) is 5.91 Å². The molecule has 2 rings (SSSR count). The van der Waals surface area contributed by atoms with E-state index in [9.17, 15) is 4.79 Å². The highest BCUT2D eigenvalue weighted by Crippen LogP contribution is 2.18. The monoisotopic (exact) mass is 249 g/mol. The van der Waals surface area contributed by atoms with E-state index in [1.54, 1.807) is 0 Å². The van der Waals surface area contributed by atoms with Gasteiger partial charge in [-0.25, -0.2) is 0 Å². The van der Waals surface area contributed by atoms with Gasteiger partial charge < -0.3 is 15.2 Å². The first-order valence-electron chi connectivity index (χ1n) is 6.92. The van der Waals surface area contributed by atoms with Crippen LogP contribution in [-0.2, 0) is 17.9 Å². The largest absolute Gasteiger partial charge is 0.353 e. The number of aryl methyl sites for hydroxylation is 1. The Balaban J connectivity index is 1.67. The molecule has 18 heavy (non-hydrogen) atoms. The van der Waals surface area contributed by atoms with Crippen molar-refractivity contribution < 1.29 is 4.79 Å². The minimum Gasteiger partial charge on any atom is -0.353 e. The van der Waals surface area contributed by atoms with Crippen LogP contribution in [0.4, 0.5) is 0 Å². The zero-order chi connectivity index (χ0) is 12.8. The molecule has 0 aliphatic heterocycles. The Morgan fingerprint density at radius 2 is 2.33 bits per heavy atom. The van der Waals surface area contributed by atoms with Crippen LogP contribution in [0.5, 0.6) is 0 Å². The summed E-state index contributed by atoms with van der Waals surface area (Å²) in [5, 5.41) is 6.38. The first-order valence-corrected chi connectivity index (χ1v) is 6.92. The molecule has 1 aliphatic rings. The summed E-state index contributed by atoms with van der Waals surface area (Å²) in [4.78, 5) is 11.5. The fraction of sp³-hybridized carbons (Fsp3) is 0.643. The minimum atomic E-state index is 0.178. The van der Waals surface area contributed by atoms with Crippen molar-refractivity contribution in [3.05, 3.63) is 24.0 Å². The van der Waals surface area contributed by atoms with Crippen molar-refractivity contribution in [2.45, 2.75) is 51.7 Å². The summed E-state index contributed by atoms with van der Waals surface area (Å²) in [7, 11) is 0. The van der Waals surface area contributed by atoms with Gasteiger partial charge in [-0.3, -0.25) is 4.79 Å². The van der Waals surface area contributed by atoms with E-state index in [-0.39, 0.29) is 5.91 Å². The molecule has 100 valence electrons. The van der Waals surface area contributed by atoms with Gasteiger partial charge in [-0.15, -0.1) is 0 Å². The zero-order valence-electron chi connectivity index (χ0n) is 11.1. The fourth-order valence-electron chi connectivity index (χ4n) is 1.90. The summed E-state index contributed by atoms with van der Waals surface area (Å²) in [6.45, 7) is 4.90. The number of hydrogen-bond acceptors (Lipinski definition) is 2. The summed E-state index contributed by atoms with van der Waals surface area (Å²) in [6.07, 6.45) is 8.21. The summed E-state index contributed by atoms with van der Waals surface area (Å²) in [5.41, 5.74) is 1.28. The van der Waals surface area contributed by atoms with Crippen LogP contribution in [0.1, 0.15) is 38.2 Å². The van der Waals surface area contributed by atoms with Gasteiger partial charge in [0.15, 0.2) is 0 Å². The maximum atomic E-state index is 11.5. The van der Waals surface area contributed by atoms with Gasteiger partial charge in [-0.05, 0) is 37.4 Å². The maximum absolute atomic E-state index is 11.5. The molecule has 0 aromatic carbocycles. The van der Waals surface area contributed by atoms with Gasteiger partial charge in [0.05, 0.1) is 0 Å². The lowest BCUT2D eigenvalue weighted by molar-refractivity contribution is -0.121. The molecule has 0 saturated heterocycles. The second kappa shape index (κ2) is 6.59. The van der Waals surface area contributed by atoms with E-state index in [0.29, 0.717) is 12.5 Å². The van der Waals surface area contributed by atoms with E-state index < -0.39 is 0 Å². The molecule has 0 radical (unpaired) electrons. The van der Waals surface area contributed by atoms with Crippen LogP contribution in [0.3, 0.4) is 0 Å². The molecular weight excluding hydrogens is 226 g/mol. The number of carbonyl (C=O) groups is 1. The highest BCUT2D eigenvalue weighted by molar-refractivity contribution is 5.76. The standard InChI is InChI=1S/C14H23N3O/c1-2-7-15-10-12-5-8-17(11-12)9-6-14(18)16-13-3-4-13/h5,8,11,13,15H,2-4,6-7,9-10H2,1H3,(H,16,18). The molecule has 1 fully saturated rings. The lowest BCUT2D eigenvalue weighted by atomic mass is 10.3. The van der Waals surface area contributed by atoms with Gasteiger partial charge in [0.25, 0.3) is 0 Å². The van der Waals surface area contributed by atoms with E-state index in [4.69, 9.17) is 0 Å². The summed E-state index contributed by atoms with van der Waals surface area (Å²) < 4.78 is 2.09. The zero-order valence-corrected chi connectivity index (χ0v) is 11.1. The first kappa shape index (κ1) is 13.1. The second-order valence-electron chi connectivity index (χ2n) is 5.03. The Morgan fingerprint density at radius 1 is 1.50 bits per heavy atom. The fourth-order valence-corrected chi connectivity index (χ4v) is 1.90. The third kappa shape index (κ3) is 4.53. The van der Waals surface area contributed by atoms with Crippen LogP contribution in [0.25, 0.3) is 0 Å². The Morgan fingerprint density at radius 3 is 3.06 bits per heavy atom. The van der Waals surface area contributed by atoms with E-state index in [1.807, 2.05) is 6.20 Å². The maximum Gasteiger partial charge on any atom is 0.222 e. The average Bonchev–Trinajstić information content (AvgIpc) is 3.05. The van der Waals surface area contributed by atoms with E-state index in [2.05, 4.69) is 34.4 Å². The molecule has 0 atom stereocenters. The molecule has 1 aromatic rings. The quantitative estimate of drug-likeness (QED) is 0.688. The summed E-state index contributed by atoms with van der Waals surface area (Å²) in [5.74, 6) is 0.178. The Hall–Kier alpha value is -1.29. The number of aromatic nitrogens is 1. The molecule has 0 spiro atoms. The highest BCUT2D eigenvalue weighted by atomic mass is 16.1. The number of hydrogen-bond donors (Lipinski definition) is 2. The molecule has 0 unspecified atom stereocenters. The minimum absolute atomic E-state index is 0.178. The number of nitrogens with zero attached hydrogens (tertiary/aromatic N) is 1. The van der Waals surface area contributed by atoms with Crippen molar-refractivity contribution in [1.82, 2.24) is 15.2 Å². The van der Waals surface area contributed by atoms with Crippen molar-refractivity contribution in [3.63, 3.8) is 0 Å². The summed E-state index contributed by atoms with van der Waals surface area (Å²) in [6, 6.07) is 2.58. The van der Waals surface area contributed by atoms with E-state index in [1.165, 1.54) is 5.56 Å². The predicted octanol–water partition coefficient (Wildman–Crippen LogP) is 1.66. The third-order valence-corrected chi connectivity index (χ3v) is 3.11. The summed E-state index contributed by atoms with van der Waals surface area (Å²) >= 11 is 0. The van der Waals surface area contributed by atoms with Gasteiger partial charge >= 0.3 is 0 Å². The van der Waals surface area contributed by atoms with Gasteiger partial charge in [0, 0.05) is 37.9 Å². The lowest BCUT2D eigenvalue weighted by Crippen LogP contribution is -2.26. The SMILES string of the molecule is CCCNCc1ccn(CCC(=O)NC2CC2)c1. The van der Waals surface area contributed by atoms with Crippen molar-refractivity contribution in [2.75, 3.05) is 6.54 Å². The lowest BCUT2D eigenvalue weighted by Gasteiger charge is -2.04. The van der Waals surface area contributed by atoms with Crippen molar-refractivity contribution in [2.24, 2.45) is 0 Å². The third-order valence-electron chi connectivity index (χ3n) is 3.11. The molecule has 1 heterocycles. The molecule has 1 saturated carbocycles. The number of nitrogens with one attached hydrogen (secondary N) is 2. The van der Waals surface area contributed by atoms with Crippen LogP contribution >= 0.6 is 0 Å². The number of rotatable bonds is 8. The van der Waals surface area contributed by atoms with E-state index in [0.717, 1.165) is 38.9 Å².